The van der Waals surface area contributed by atoms with Crippen LogP contribution in [0.2, 0.25) is 0 Å². The molecular weight excluding hydrogens is 347 g/mol. The Morgan fingerprint density at radius 1 is 1.23 bits per heavy atom. The van der Waals surface area contributed by atoms with E-state index in [1.807, 2.05) is 0 Å². The van der Waals surface area contributed by atoms with Crippen LogP contribution in [0.5, 0.6) is 0 Å². The van der Waals surface area contributed by atoms with Crippen molar-refractivity contribution in [3.8, 4) is 0 Å². The third-order valence-corrected chi connectivity index (χ3v) is 3.96. The van der Waals surface area contributed by atoms with Gasteiger partial charge in [0.05, 0.1) is 11.4 Å². The van der Waals surface area contributed by atoms with Crippen LogP contribution in [0.25, 0.3) is 0 Å². The van der Waals surface area contributed by atoms with Crippen LogP contribution in [0.3, 0.4) is 0 Å². The lowest BCUT2D eigenvalue weighted by Crippen LogP contribution is -2.18. The second-order valence-electron chi connectivity index (χ2n) is 6.19. The Balaban J connectivity index is 1.74. The zero-order chi connectivity index (χ0) is 18.8. The summed E-state index contributed by atoms with van der Waals surface area (Å²) in [4.78, 5) is 11.6. The lowest BCUT2D eigenvalue weighted by Gasteiger charge is -2.15. The van der Waals surface area contributed by atoms with Gasteiger partial charge in [-0.25, -0.2) is 18.0 Å². The molecule has 0 heterocycles. The molecule has 1 aliphatic carbocycles. The Morgan fingerprint density at radius 3 is 2.62 bits per heavy atom. The fraction of sp³-hybridized carbons (Fsp3) is 0.278. The van der Waals surface area contributed by atoms with Gasteiger partial charge >= 0.3 is 6.09 Å². The van der Waals surface area contributed by atoms with Crippen LogP contribution in [-0.4, -0.2) is 12.2 Å². The number of carbonyl (C=O) groups is 1. The van der Waals surface area contributed by atoms with Crippen molar-refractivity contribution in [2.24, 2.45) is 0 Å². The van der Waals surface area contributed by atoms with Gasteiger partial charge in [0.25, 0.3) is 0 Å². The average Bonchev–Trinajstić information content (AvgIpc) is 3.39. The van der Waals surface area contributed by atoms with E-state index < -0.39 is 34.9 Å². The number of nitrogen functional groups attached to an aromatic ring is 1. The fourth-order valence-electron chi connectivity index (χ4n) is 2.36. The first-order valence-electron chi connectivity index (χ1n) is 8.09. The van der Waals surface area contributed by atoms with Gasteiger partial charge in [-0.15, -0.1) is 0 Å². The molecular formula is C18H18F3N3O2. The summed E-state index contributed by atoms with van der Waals surface area (Å²) in [5, 5.41) is 4.73. The fourth-order valence-corrected chi connectivity index (χ4v) is 2.36. The summed E-state index contributed by atoms with van der Waals surface area (Å²) in [5.41, 5.74) is 5.36. The van der Waals surface area contributed by atoms with Gasteiger partial charge < -0.3 is 15.8 Å². The van der Waals surface area contributed by atoms with E-state index in [1.54, 1.807) is 19.1 Å². The second-order valence-corrected chi connectivity index (χ2v) is 6.19. The smallest absolute Gasteiger partial charge is 0.412 e. The molecule has 0 unspecified atom stereocenters. The summed E-state index contributed by atoms with van der Waals surface area (Å²) in [6, 6.07) is 5.47. The summed E-state index contributed by atoms with van der Waals surface area (Å²) in [7, 11) is 0. The zero-order valence-corrected chi connectivity index (χ0v) is 14.0. The molecule has 0 saturated heterocycles. The molecule has 5 nitrogen and oxygen atoms in total. The third-order valence-electron chi connectivity index (χ3n) is 3.96. The van der Waals surface area contributed by atoms with Crippen LogP contribution in [0.15, 0.2) is 24.3 Å². The molecule has 1 aliphatic rings. The minimum atomic E-state index is -0.944. The number of hydrogen-bond donors (Lipinski definition) is 3. The van der Waals surface area contributed by atoms with Crippen molar-refractivity contribution in [1.82, 2.24) is 0 Å². The third kappa shape index (κ3) is 4.01. The van der Waals surface area contributed by atoms with Crippen molar-refractivity contribution in [3.05, 3.63) is 52.8 Å². The summed E-state index contributed by atoms with van der Waals surface area (Å²) in [6.07, 6.45) is 0.422. The number of hydrogen-bond acceptors (Lipinski definition) is 4. The van der Waals surface area contributed by atoms with Crippen molar-refractivity contribution in [1.29, 1.82) is 0 Å². The number of carbonyl (C=O) groups excluding carboxylic acids is 1. The SMILES string of the molecule is Cc1ccc(CNc2cc(F)c(NC(=O)OC3CC3)c(N)c2F)c(F)c1. The second kappa shape index (κ2) is 7.15. The van der Waals surface area contributed by atoms with Gasteiger partial charge in [-0.3, -0.25) is 5.32 Å². The van der Waals surface area contributed by atoms with Gasteiger partial charge in [-0.1, -0.05) is 12.1 Å². The molecule has 1 fully saturated rings. The Bertz CT molecular complexity index is 854. The molecule has 0 spiro atoms. The lowest BCUT2D eigenvalue weighted by molar-refractivity contribution is 0.154. The predicted molar refractivity (Wildman–Crippen MR) is 92.4 cm³/mol. The summed E-state index contributed by atoms with van der Waals surface area (Å²) in [5.74, 6) is -2.32. The number of nitrogens with two attached hydrogens (primary N) is 1. The minimum Gasteiger partial charge on any atom is -0.446 e. The van der Waals surface area contributed by atoms with E-state index >= 15 is 0 Å². The van der Waals surface area contributed by atoms with Crippen molar-refractivity contribution in [2.75, 3.05) is 16.4 Å². The molecule has 1 amide bonds. The van der Waals surface area contributed by atoms with Crippen molar-refractivity contribution in [2.45, 2.75) is 32.4 Å². The summed E-state index contributed by atoms with van der Waals surface area (Å²) >= 11 is 0. The first-order valence-corrected chi connectivity index (χ1v) is 8.09. The van der Waals surface area contributed by atoms with E-state index in [0.717, 1.165) is 24.5 Å². The molecule has 26 heavy (non-hydrogen) atoms. The quantitative estimate of drug-likeness (QED) is 0.690. The highest BCUT2D eigenvalue weighted by atomic mass is 19.1. The van der Waals surface area contributed by atoms with E-state index in [-0.39, 0.29) is 18.3 Å². The molecule has 8 heteroatoms. The van der Waals surface area contributed by atoms with Crippen LogP contribution < -0.4 is 16.4 Å². The Kier molecular flexibility index (Phi) is 4.92. The van der Waals surface area contributed by atoms with Crippen molar-refractivity contribution in [3.63, 3.8) is 0 Å². The molecule has 0 radical (unpaired) electrons. The number of nitrogens with one attached hydrogen (secondary N) is 2. The van der Waals surface area contributed by atoms with Gasteiger partial charge in [-0.05, 0) is 31.4 Å². The van der Waals surface area contributed by atoms with Gasteiger partial charge in [-0.2, -0.15) is 0 Å². The molecule has 0 aromatic heterocycles. The van der Waals surface area contributed by atoms with E-state index in [0.29, 0.717) is 5.56 Å². The maximum absolute atomic E-state index is 14.4. The Morgan fingerprint density at radius 2 is 1.96 bits per heavy atom. The molecule has 2 aromatic carbocycles. The molecule has 138 valence electrons. The van der Waals surface area contributed by atoms with Gasteiger partial charge in [0.15, 0.2) is 11.6 Å². The summed E-state index contributed by atoms with van der Waals surface area (Å²) < 4.78 is 47.4. The minimum absolute atomic E-state index is 0.0571. The molecule has 3 rings (SSSR count). The number of halogens is 3. The van der Waals surface area contributed by atoms with E-state index in [9.17, 15) is 18.0 Å². The van der Waals surface area contributed by atoms with Crippen LogP contribution in [0, 0.1) is 24.4 Å². The van der Waals surface area contributed by atoms with Crippen LogP contribution >= 0.6 is 0 Å². The van der Waals surface area contributed by atoms with Crippen molar-refractivity contribution < 1.29 is 22.7 Å². The zero-order valence-electron chi connectivity index (χ0n) is 14.0. The maximum atomic E-state index is 14.4. The molecule has 2 aromatic rings. The number of ether oxygens (including phenoxy) is 1. The molecule has 4 N–H and O–H groups in total. The predicted octanol–water partition coefficient (Wildman–Crippen LogP) is 4.32. The van der Waals surface area contributed by atoms with Gasteiger partial charge in [0.1, 0.15) is 17.6 Å². The average molecular weight is 365 g/mol. The first-order chi connectivity index (χ1) is 12.3. The number of anilines is 3. The van der Waals surface area contributed by atoms with Gasteiger partial charge in [0, 0.05) is 18.2 Å². The highest BCUT2D eigenvalue weighted by molar-refractivity contribution is 5.90. The normalized spacial score (nSPS) is 13.4. The van der Waals surface area contributed by atoms with Crippen LogP contribution in [0.1, 0.15) is 24.0 Å². The van der Waals surface area contributed by atoms with Crippen molar-refractivity contribution >= 4 is 23.2 Å². The van der Waals surface area contributed by atoms with E-state index in [4.69, 9.17) is 10.5 Å². The van der Waals surface area contributed by atoms with E-state index in [1.165, 1.54) is 6.07 Å². The largest absolute Gasteiger partial charge is 0.446 e. The topological polar surface area (TPSA) is 76.4 Å². The summed E-state index contributed by atoms with van der Waals surface area (Å²) in [6.45, 7) is 1.69. The first kappa shape index (κ1) is 17.9. The maximum Gasteiger partial charge on any atom is 0.412 e. The molecule has 0 aliphatic heterocycles. The highest BCUT2D eigenvalue weighted by Gasteiger charge is 2.27. The standard InChI is InChI=1S/C18H18F3N3O2/c1-9-2-3-10(12(19)6-9)8-23-14-7-13(20)17(16(22)15(14)21)24-18(25)26-11-4-5-11/h2-3,6-7,11,23H,4-5,8,22H2,1H3,(H,24,25). The molecule has 0 bridgehead atoms. The van der Waals surface area contributed by atoms with Gasteiger partial charge in [0.2, 0.25) is 0 Å². The monoisotopic (exact) mass is 365 g/mol. The number of benzene rings is 2. The Labute approximate surface area is 148 Å². The molecule has 0 atom stereocenters. The number of amides is 1. The highest BCUT2D eigenvalue weighted by Crippen LogP contribution is 2.32. The lowest BCUT2D eigenvalue weighted by atomic mass is 10.1. The number of rotatable bonds is 5. The number of aryl methyl sites for hydroxylation is 1. The molecule has 1 saturated carbocycles. The Hall–Kier alpha value is -2.90. The van der Waals surface area contributed by atoms with E-state index in [2.05, 4.69) is 10.6 Å². The van der Waals surface area contributed by atoms with Crippen LogP contribution in [0.4, 0.5) is 35.0 Å². The van der Waals surface area contributed by atoms with Crippen LogP contribution in [-0.2, 0) is 11.3 Å².